The van der Waals surface area contributed by atoms with Gasteiger partial charge in [0.2, 0.25) is 5.91 Å². The van der Waals surface area contributed by atoms with Gasteiger partial charge in [-0.15, -0.1) is 11.8 Å². The topological polar surface area (TPSA) is 47.3 Å². The summed E-state index contributed by atoms with van der Waals surface area (Å²) in [6.07, 6.45) is 0. The highest BCUT2D eigenvalue weighted by atomic mass is 32.2. The SMILES string of the molecule is CCN1CCN(C(=O)CSCc2ccc(C#N)cc2)CC1. The summed E-state index contributed by atoms with van der Waals surface area (Å²) in [6, 6.07) is 9.66. The number of rotatable bonds is 5. The van der Waals surface area contributed by atoms with E-state index < -0.39 is 0 Å². The third-order valence-corrected chi connectivity index (χ3v) is 4.74. The minimum absolute atomic E-state index is 0.240. The molecule has 0 aliphatic carbocycles. The molecule has 0 bridgehead atoms. The number of thioether (sulfide) groups is 1. The van der Waals surface area contributed by atoms with Crippen molar-refractivity contribution in [2.45, 2.75) is 12.7 Å². The van der Waals surface area contributed by atoms with Gasteiger partial charge in [0.1, 0.15) is 0 Å². The number of hydrogen-bond donors (Lipinski definition) is 0. The number of benzene rings is 1. The molecule has 1 aliphatic heterocycles. The van der Waals surface area contributed by atoms with Gasteiger partial charge in [-0.2, -0.15) is 5.26 Å². The Hall–Kier alpha value is -1.51. The predicted octanol–water partition coefficient (Wildman–Crippen LogP) is 1.96. The lowest BCUT2D eigenvalue weighted by Gasteiger charge is -2.34. The summed E-state index contributed by atoms with van der Waals surface area (Å²) in [4.78, 5) is 16.5. The fraction of sp³-hybridized carbons (Fsp3) is 0.500. The molecule has 112 valence electrons. The van der Waals surface area contributed by atoms with Gasteiger partial charge in [0.25, 0.3) is 0 Å². The number of amides is 1. The number of hydrogen-bond acceptors (Lipinski definition) is 4. The van der Waals surface area contributed by atoms with Crippen molar-refractivity contribution >= 4 is 17.7 Å². The average molecular weight is 303 g/mol. The lowest BCUT2D eigenvalue weighted by molar-refractivity contribution is -0.130. The first-order valence-electron chi connectivity index (χ1n) is 7.30. The van der Waals surface area contributed by atoms with Gasteiger partial charge < -0.3 is 9.80 Å². The van der Waals surface area contributed by atoms with Crippen LogP contribution in [0, 0.1) is 11.3 Å². The molecule has 0 spiro atoms. The van der Waals surface area contributed by atoms with Gasteiger partial charge in [0.05, 0.1) is 17.4 Å². The van der Waals surface area contributed by atoms with Gasteiger partial charge in [0, 0.05) is 31.9 Å². The summed E-state index contributed by atoms with van der Waals surface area (Å²) in [6.45, 7) is 6.90. The maximum Gasteiger partial charge on any atom is 0.232 e. The summed E-state index contributed by atoms with van der Waals surface area (Å²) < 4.78 is 0. The first-order valence-corrected chi connectivity index (χ1v) is 8.45. The molecule has 1 fully saturated rings. The largest absolute Gasteiger partial charge is 0.339 e. The Morgan fingerprint density at radius 1 is 1.24 bits per heavy atom. The summed E-state index contributed by atoms with van der Waals surface area (Å²) >= 11 is 1.64. The number of likely N-dealkylation sites (N-methyl/N-ethyl adjacent to an activating group) is 1. The monoisotopic (exact) mass is 303 g/mol. The zero-order valence-electron chi connectivity index (χ0n) is 12.4. The highest BCUT2D eigenvalue weighted by Gasteiger charge is 2.19. The number of nitriles is 1. The molecule has 1 saturated heterocycles. The normalized spacial score (nSPS) is 15.7. The van der Waals surface area contributed by atoms with Crippen molar-refractivity contribution in [3.8, 4) is 6.07 Å². The summed E-state index contributed by atoms with van der Waals surface area (Å²) in [5.74, 6) is 1.59. The molecule has 1 heterocycles. The fourth-order valence-electron chi connectivity index (χ4n) is 2.34. The molecule has 1 aromatic rings. The molecule has 0 saturated carbocycles. The van der Waals surface area contributed by atoms with E-state index in [-0.39, 0.29) is 5.91 Å². The van der Waals surface area contributed by atoms with Gasteiger partial charge in [-0.05, 0) is 24.2 Å². The van der Waals surface area contributed by atoms with Crippen LogP contribution in [0.25, 0.3) is 0 Å². The summed E-state index contributed by atoms with van der Waals surface area (Å²) in [7, 11) is 0. The quantitative estimate of drug-likeness (QED) is 0.834. The minimum Gasteiger partial charge on any atom is -0.339 e. The molecule has 5 heteroatoms. The van der Waals surface area contributed by atoms with Crippen LogP contribution in [-0.4, -0.2) is 54.2 Å². The molecular weight excluding hydrogens is 282 g/mol. The van der Waals surface area contributed by atoms with Gasteiger partial charge in [-0.1, -0.05) is 19.1 Å². The number of carbonyl (C=O) groups is 1. The van der Waals surface area contributed by atoms with E-state index in [9.17, 15) is 4.79 Å². The molecule has 1 aromatic carbocycles. The minimum atomic E-state index is 0.240. The van der Waals surface area contributed by atoms with Crippen molar-refractivity contribution in [1.82, 2.24) is 9.80 Å². The second kappa shape index (κ2) is 8.06. The van der Waals surface area contributed by atoms with Crippen LogP contribution in [-0.2, 0) is 10.5 Å². The molecule has 0 unspecified atom stereocenters. The third kappa shape index (κ3) is 4.76. The molecule has 2 rings (SSSR count). The lowest BCUT2D eigenvalue weighted by atomic mass is 10.2. The van der Waals surface area contributed by atoms with Crippen LogP contribution < -0.4 is 0 Å². The first kappa shape index (κ1) is 15.9. The second-order valence-corrected chi connectivity index (χ2v) is 6.10. The van der Waals surface area contributed by atoms with Crippen molar-refractivity contribution in [3.05, 3.63) is 35.4 Å². The molecular formula is C16H21N3OS. The molecule has 4 nitrogen and oxygen atoms in total. The Labute approximate surface area is 130 Å². The van der Waals surface area contributed by atoms with E-state index in [1.807, 2.05) is 29.2 Å². The predicted molar refractivity (Wildman–Crippen MR) is 86.0 cm³/mol. The van der Waals surface area contributed by atoms with Crippen molar-refractivity contribution in [2.75, 3.05) is 38.5 Å². The van der Waals surface area contributed by atoms with Crippen LogP contribution >= 0.6 is 11.8 Å². The number of nitrogens with zero attached hydrogens (tertiary/aromatic N) is 3. The van der Waals surface area contributed by atoms with Gasteiger partial charge in [0.15, 0.2) is 0 Å². The van der Waals surface area contributed by atoms with E-state index in [1.54, 1.807) is 11.8 Å². The highest BCUT2D eigenvalue weighted by Crippen LogP contribution is 2.14. The number of piperazine rings is 1. The Bertz CT molecular complexity index is 501. The van der Waals surface area contributed by atoms with E-state index >= 15 is 0 Å². The van der Waals surface area contributed by atoms with Gasteiger partial charge in [-0.3, -0.25) is 4.79 Å². The summed E-state index contributed by atoms with van der Waals surface area (Å²) in [5, 5.41) is 8.75. The van der Waals surface area contributed by atoms with E-state index in [0.29, 0.717) is 11.3 Å². The zero-order valence-corrected chi connectivity index (χ0v) is 13.2. The van der Waals surface area contributed by atoms with Crippen LogP contribution in [0.4, 0.5) is 0 Å². The van der Waals surface area contributed by atoms with Crippen molar-refractivity contribution in [1.29, 1.82) is 5.26 Å². The molecule has 0 atom stereocenters. The van der Waals surface area contributed by atoms with Crippen molar-refractivity contribution in [2.24, 2.45) is 0 Å². The van der Waals surface area contributed by atoms with Gasteiger partial charge in [-0.25, -0.2) is 0 Å². The van der Waals surface area contributed by atoms with E-state index in [4.69, 9.17) is 5.26 Å². The van der Waals surface area contributed by atoms with Crippen LogP contribution in [0.15, 0.2) is 24.3 Å². The summed E-state index contributed by atoms with van der Waals surface area (Å²) in [5.41, 5.74) is 1.83. The van der Waals surface area contributed by atoms with Gasteiger partial charge >= 0.3 is 0 Å². The Morgan fingerprint density at radius 2 is 1.90 bits per heavy atom. The maximum atomic E-state index is 12.1. The first-order chi connectivity index (χ1) is 10.2. The van der Waals surface area contributed by atoms with Crippen LogP contribution in [0.2, 0.25) is 0 Å². The standard InChI is InChI=1S/C16H21N3OS/c1-2-18-7-9-19(10-8-18)16(20)13-21-12-15-5-3-14(11-17)4-6-15/h3-6H,2,7-10,12-13H2,1H3. The Morgan fingerprint density at radius 3 is 2.48 bits per heavy atom. The van der Waals surface area contributed by atoms with Crippen LogP contribution in [0.3, 0.4) is 0 Å². The highest BCUT2D eigenvalue weighted by molar-refractivity contribution is 7.99. The van der Waals surface area contributed by atoms with Crippen LogP contribution in [0.1, 0.15) is 18.1 Å². The van der Waals surface area contributed by atoms with E-state index in [0.717, 1.165) is 44.0 Å². The third-order valence-electron chi connectivity index (χ3n) is 3.75. The maximum absolute atomic E-state index is 12.1. The molecule has 0 N–H and O–H groups in total. The van der Waals surface area contributed by atoms with Crippen LogP contribution in [0.5, 0.6) is 0 Å². The lowest BCUT2D eigenvalue weighted by Crippen LogP contribution is -2.49. The molecule has 21 heavy (non-hydrogen) atoms. The molecule has 0 aromatic heterocycles. The van der Waals surface area contributed by atoms with Crippen molar-refractivity contribution < 1.29 is 4.79 Å². The number of carbonyl (C=O) groups excluding carboxylic acids is 1. The second-order valence-electron chi connectivity index (χ2n) is 5.12. The van der Waals surface area contributed by atoms with Crippen molar-refractivity contribution in [3.63, 3.8) is 0 Å². The Balaban J connectivity index is 1.70. The zero-order chi connectivity index (χ0) is 15.1. The molecule has 1 aliphatic rings. The Kier molecular flexibility index (Phi) is 6.09. The smallest absolute Gasteiger partial charge is 0.232 e. The molecule has 1 amide bonds. The van der Waals surface area contributed by atoms with E-state index in [1.165, 1.54) is 0 Å². The average Bonchev–Trinajstić information content (AvgIpc) is 2.55. The molecule has 0 radical (unpaired) electrons. The fourth-order valence-corrected chi connectivity index (χ4v) is 3.22. The van der Waals surface area contributed by atoms with E-state index in [2.05, 4.69) is 17.9 Å².